The van der Waals surface area contributed by atoms with Crippen molar-refractivity contribution in [2.45, 2.75) is 24.8 Å². The van der Waals surface area contributed by atoms with Crippen LogP contribution in [-0.4, -0.2) is 34.1 Å². The lowest BCUT2D eigenvalue weighted by Gasteiger charge is -2.19. The molecule has 0 unspecified atom stereocenters. The van der Waals surface area contributed by atoms with E-state index in [1.165, 1.54) is 18.4 Å². The summed E-state index contributed by atoms with van der Waals surface area (Å²) in [5, 5.41) is 6.85. The van der Waals surface area contributed by atoms with Crippen molar-refractivity contribution in [2.75, 3.05) is 13.6 Å². The first-order valence-corrected chi connectivity index (χ1v) is 9.22. The van der Waals surface area contributed by atoms with E-state index in [0.717, 1.165) is 23.9 Å². The van der Waals surface area contributed by atoms with Gasteiger partial charge in [0.1, 0.15) is 12.1 Å². The normalized spacial score (nSPS) is 15.4. The highest BCUT2D eigenvalue weighted by Gasteiger charge is 2.43. The summed E-state index contributed by atoms with van der Waals surface area (Å²) in [4.78, 5) is 12.9. The molecule has 1 aliphatic carbocycles. The molecule has 6 heteroatoms. The van der Waals surface area contributed by atoms with Gasteiger partial charge in [-0.15, -0.1) is 0 Å². The van der Waals surface area contributed by atoms with Gasteiger partial charge in [-0.25, -0.2) is 9.97 Å². The molecule has 0 saturated heterocycles. The molecule has 0 amide bonds. The Hall–Kier alpha value is -3.15. The summed E-state index contributed by atoms with van der Waals surface area (Å²) in [7, 11) is 1.80. The maximum atomic E-state index is 4.48. The summed E-state index contributed by atoms with van der Waals surface area (Å²) in [5.74, 6) is 1.67. The van der Waals surface area contributed by atoms with Crippen molar-refractivity contribution in [1.29, 1.82) is 0 Å². The molecule has 2 heterocycles. The van der Waals surface area contributed by atoms with Crippen molar-refractivity contribution in [1.82, 2.24) is 25.2 Å². The van der Waals surface area contributed by atoms with E-state index in [1.54, 1.807) is 19.6 Å². The lowest BCUT2D eigenvalue weighted by molar-refractivity contribution is 0.645. The molecule has 0 spiro atoms. The second kappa shape index (κ2) is 7.61. The number of nitrogens with one attached hydrogen (secondary N) is 2. The van der Waals surface area contributed by atoms with Crippen molar-refractivity contribution in [3.05, 3.63) is 78.5 Å². The number of pyridine rings is 1. The van der Waals surface area contributed by atoms with Gasteiger partial charge < -0.3 is 10.6 Å². The molecule has 1 aromatic carbocycles. The van der Waals surface area contributed by atoms with E-state index >= 15 is 0 Å². The third-order valence-electron chi connectivity index (χ3n) is 5.10. The van der Waals surface area contributed by atoms with Gasteiger partial charge in [0.05, 0.1) is 0 Å². The fourth-order valence-corrected chi connectivity index (χ4v) is 3.24. The number of aromatic nitrogens is 3. The largest absolute Gasteiger partial charge is 0.356 e. The van der Waals surface area contributed by atoms with Gasteiger partial charge in [0.15, 0.2) is 5.96 Å². The predicted octanol–water partition coefficient (Wildman–Crippen LogP) is 2.66. The van der Waals surface area contributed by atoms with Gasteiger partial charge in [-0.2, -0.15) is 0 Å². The summed E-state index contributed by atoms with van der Waals surface area (Å²) >= 11 is 0. The van der Waals surface area contributed by atoms with Gasteiger partial charge >= 0.3 is 0 Å². The molecule has 6 nitrogen and oxygen atoms in total. The Kier molecular flexibility index (Phi) is 4.87. The van der Waals surface area contributed by atoms with E-state index in [9.17, 15) is 0 Å². The lowest BCUT2D eigenvalue weighted by atomic mass is 9.96. The highest BCUT2D eigenvalue weighted by Crippen LogP contribution is 2.47. The first-order valence-electron chi connectivity index (χ1n) is 9.22. The maximum absolute atomic E-state index is 4.48. The molecule has 27 heavy (non-hydrogen) atoms. The molecule has 1 saturated carbocycles. The highest BCUT2D eigenvalue weighted by atomic mass is 15.2. The van der Waals surface area contributed by atoms with Crippen LogP contribution in [0.1, 0.15) is 24.0 Å². The monoisotopic (exact) mass is 360 g/mol. The average Bonchev–Trinajstić information content (AvgIpc) is 3.32. The minimum absolute atomic E-state index is 0.257. The van der Waals surface area contributed by atoms with Crippen LogP contribution in [-0.2, 0) is 12.0 Å². The Morgan fingerprint density at radius 2 is 2.00 bits per heavy atom. The van der Waals surface area contributed by atoms with Crippen LogP contribution >= 0.6 is 0 Å². The third kappa shape index (κ3) is 4.00. The molecule has 1 aliphatic rings. The molecule has 2 N–H and O–H groups in total. The number of benzene rings is 1. The summed E-state index contributed by atoms with van der Waals surface area (Å²) < 4.78 is 1.89. The van der Waals surface area contributed by atoms with Crippen LogP contribution in [0.15, 0.2) is 72.4 Å². The zero-order valence-corrected chi connectivity index (χ0v) is 15.5. The molecule has 0 radical (unpaired) electrons. The first kappa shape index (κ1) is 17.3. The number of aliphatic imine (C=N–C) groups is 1. The molecule has 0 bridgehead atoms. The fraction of sp³-hybridized carbons (Fsp3) is 0.286. The zero-order valence-electron chi connectivity index (χ0n) is 15.5. The van der Waals surface area contributed by atoms with E-state index < -0.39 is 0 Å². The standard InChI is InChI=1S/C21H24N6/c1-22-20(26-15-21(9-10-21)18-5-3-2-4-6-18)25-14-17-7-8-19(24-13-17)27-12-11-23-16-27/h2-8,11-13,16H,9-10,14-15H2,1H3,(H2,22,25,26). The van der Waals surface area contributed by atoms with E-state index in [0.29, 0.717) is 6.54 Å². The Morgan fingerprint density at radius 3 is 2.63 bits per heavy atom. The molecule has 138 valence electrons. The van der Waals surface area contributed by atoms with Crippen LogP contribution in [0.3, 0.4) is 0 Å². The summed E-state index contributed by atoms with van der Waals surface area (Å²) in [6, 6.07) is 14.8. The molecule has 0 atom stereocenters. The van der Waals surface area contributed by atoms with E-state index in [1.807, 2.05) is 23.0 Å². The minimum Gasteiger partial charge on any atom is -0.356 e. The van der Waals surface area contributed by atoms with Crippen molar-refractivity contribution in [3.8, 4) is 5.82 Å². The van der Waals surface area contributed by atoms with E-state index in [-0.39, 0.29) is 5.41 Å². The average molecular weight is 360 g/mol. The van der Waals surface area contributed by atoms with Crippen LogP contribution in [0, 0.1) is 0 Å². The Labute approximate surface area is 159 Å². The predicted molar refractivity (Wildman–Crippen MR) is 107 cm³/mol. The Balaban J connectivity index is 1.31. The topological polar surface area (TPSA) is 67.1 Å². The van der Waals surface area contributed by atoms with Crippen LogP contribution in [0.5, 0.6) is 0 Å². The fourth-order valence-electron chi connectivity index (χ4n) is 3.24. The second-order valence-electron chi connectivity index (χ2n) is 6.92. The van der Waals surface area contributed by atoms with Crippen molar-refractivity contribution >= 4 is 5.96 Å². The van der Waals surface area contributed by atoms with Gasteiger partial charge in [0.25, 0.3) is 0 Å². The van der Waals surface area contributed by atoms with Gasteiger partial charge in [0.2, 0.25) is 0 Å². The number of hydrogen-bond acceptors (Lipinski definition) is 3. The number of hydrogen-bond donors (Lipinski definition) is 2. The first-order chi connectivity index (χ1) is 13.3. The summed E-state index contributed by atoms with van der Waals surface area (Å²) in [6.07, 6.45) is 9.69. The third-order valence-corrected chi connectivity index (χ3v) is 5.10. The van der Waals surface area contributed by atoms with Gasteiger partial charge in [0, 0.05) is 44.1 Å². The van der Waals surface area contributed by atoms with Gasteiger partial charge in [-0.05, 0) is 30.0 Å². The smallest absolute Gasteiger partial charge is 0.191 e. The molecular weight excluding hydrogens is 336 g/mol. The summed E-state index contributed by atoms with van der Waals surface area (Å²) in [5.41, 5.74) is 2.77. The van der Waals surface area contributed by atoms with E-state index in [4.69, 9.17) is 0 Å². The SMILES string of the molecule is CN=C(NCc1ccc(-n2ccnc2)nc1)NCC1(c2ccccc2)CC1. The van der Waals surface area contributed by atoms with E-state index in [2.05, 4.69) is 62.0 Å². The Morgan fingerprint density at radius 1 is 1.15 bits per heavy atom. The quantitative estimate of drug-likeness (QED) is 0.524. The zero-order chi connectivity index (χ0) is 18.5. The Bertz CT molecular complexity index is 880. The van der Waals surface area contributed by atoms with Crippen molar-refractivity contribution in [2.24, 2.45) is 4.99 Å². The number of imidazole rings is 1. The molecule has 2 aromatic heterocycles. The van der Waals surface area contributed by atoms with Crippen LogP contribution in [0.4, 0.5) is 0 Å². The highest BCUT2D eigenvalue weighted by molar-refractivity contribution is 5.79. The summed E-state index contributed by atoms with van der Waals surface area (Å²) in [6.45, 7) is 1.57. The van der Waals surface area contributed by atoms with Crippen LogP contribution in [0.2, 0.25) is 0 Å². The lowest BCUT2D eigenvalue weighted by Crippen LogP contribution is -2.40. The van der Waals surface area contributed by atoms with Gasteiger partial charge in [-0.1, -0.05) is 36.4 Å². The van der Waals surface area contributed by atoms with Gasteiger partial charge in [-0.3, -0.25) is 9.56 Å². The minimum atomic E-state index is 0.257. The molecule has 3 aromatic rings. The maximum Gasteiger partial charge on any atom is 0.191 e. The molecular formula is C21H24N6. The van der Waals surface area contributed by atoms with Crippen molar-refractivity contribution < 1.29 is 0 Å². The number of nitrogens with zero attached hydrogens (tertiary/aromatic N) is 4. The molecule has 4 rings (SSSR count). The molecule has 1 fully saturated rings. The van der Waals surface area contributed by atoms with Crippen molar-refractivity contribution in [3.63, 3.8) is 0 Å². The number of guanidine groups is 1. The van der Waals surface area contributed by atoms with Crippen LogP contribution in [0.25, 0.3) is 5.82 Å². The number of rotatable bonds is 6. The van der Waals surface area contributed by atoms with Crippen LogP contribution < -0.4 is 10.6 Å². The molecule has 0 aliphatic heterocycles. The second-order valence-corrected chi connectivity index (χ2v) is 6.92.